The van der Waals surface area contributed by atoms with Gasteiger partial charge in [-0.2, -0.15) is 0 Å². The molecule has 4 rings (SSSR count). The number of aromatic nitrogens is 1. The number of methoxy groups -OCH3 is 1. The number of piperidine rings is 1. The summed E-state index contributed by atoms with van der Waals surface area (Å²) in [6.45, 7) is 4.53. The highest BCUT2D eigenvalue weighted by Gasteiger charge is 2.34. The third-order valence-electron chi connectivity index (χ3n) is 5.57. The maximum atomic E-state index is 10.0. The van der Waals surface area contributed by atoms with E-state index in [2.05, 4.69) is 39.9 Å². The van der Waals surface area contributed by atoms with Crippen molar-refractivity contribution >= 4 is 10.9 Å². The van der Waals surface area contributed by atoms with Gasteiger partial charge in [0.25, 0.3) is 0 Å². The molecular weight excluding hydrogens is 332 g/mol. The van der Waals surface area contributed by atoms with Crippen LogP contribution in [0.4, 0.5) is 0 Å². The zero-order valence-corrected chi connectivity index (χ0v) is 15.3. The molecule has 2 aliphatic heterocycles. The van der Waals surface area contributed by atoms with Gasteiger partial charge in [-0.25, -0.2) is 0 Å². The molecule has 0 radical (unpaired) electrons. The van der Waals surface area contributed by atoms with Gasteiger partial charge in [0.05, 0.1) is 37.5 Å². The number of benzene rings is 1. The van der Waals surface area contributed by atoms with Crippen LogP contribution in [0.1, 0.15) is 12.8 Å². The first-order valence-corrected chi connectivity index (χ1v) is 9.49. The largest absolute Gasteiger partial charge is 0.490 e. The average molecular weight is 360 g/mol. The summed E-state index contributed by atoms with van der Waals surface area (Å²) >= 11 is 0. The Morgan fingerprint density at radius 1 is 1.19 bits per heavy atom. The summed E-state index contributed by atoms with van der Waals surface area (Å²) < 4.78 is 19.1. The molecule has 2 saturated heterocycles. The lowest BCUT2D eigenvalue weighted by molar-refractivity contribution is 0.0366. The molecule has 2 aromatic rings. The Morgan fingerprint density at radius 3 is 2.77 bits per heavy atom. The normalized spacial score (nSPS) is 25.2. The molecule has 26 heavy (non-hydrogen) atoms. The Hall–Kier alpha value is -1.60. The zero-order valence-electron chi connectivity index (χ0n) is 15.3. The van der Waals surface area contributed by atoms with Gasteiger partial charge in [0, 0.05) is 38.3 Å². The highest BCUT2D eigenvalue weighted by Crippen LogP contribution is 2.30. The fourth-order valence-corrected chi connectivity index (χ4v) is 4.07. The van der Waals surface area contributed by atoms with Gasteiger partial charge in [-0.1, -0.05) is 6.07 Å². The summed E-state index contributed by atoms with van der Waals surface area (Å²) in [5.74, 6) is 0.960. The maximum absolute atomic E-state index is 10.0. The Kier molecular flexibility index (Phi) is 5.45. The van der Waals surface area contributed by atoms with Crippen molar-refractivity contribution in [2.75, 3.05) is 40.0 Å². The Morgan fingerprint density at radius 2 is 2.04 bits per heavy atom. The number of hydrogen-bond donors (Lipinski definition) is 1. The SMILES string of the molecule is COCCn1ccc2c(OC3CCN(C4COCC4O)CC3)cccc21. The lowest BCUT2D eigenvalue weighted by Crippen LogP contribution is -2.48. The van der Waals surface area contributed by atoms with Crippen molar-refractivity contribution in [2.24, 2.45) is 0 Å². The lowest BCUT2D eigenvalue weighted by atomic mass is 10.0. The van der Waals surface area contributed by atoms with Gasteiger partial charge in [0.2, 0.25) is 0 Å². The number of ether oxygens (including phenoxy) is 3. The molecule has 0 aliphatic carbocycles. The molecule has 2 unspecified atom stereocenters. The second-order valence-electron chi connectivity index (χ2n) is 7.22. The molecule has 142 valence electrons. The smallest absolute Gasteiger partial charge is 0.129 e. The van der Waals surface area contributed by atoms with E-state index < -0.39 is 0 Å². The second-order valence-corrected chi connectivity index (χ2v) is 7.22. The molecular formula is C20H28N2O4. The Labute approximate surface area is 154 Å². The van der Waals surface area contributed by atoms with Crippen LogP contribution in [0.5, 0.6) is 5.75 Å². The summed E-state index contributed by atoms with van der Waals surface area (Å²) in [6.07, 6.45) is 3.92. The van der Waals surface area contributed by atoms with Crippen molar-refractivity contribution < 1.29 is 19.3 Å². The molecule has 3 heterocycles. The van der Waals surface area contributed by atoms with Crippen LogP contribution in [0.3, 0.4) is 0 Å². The van der Waals surface area contributed by atoms with E-state index in [1.807, 2.05) is 0 Å². The van der Waals surface area contributed by atoms with E-state index in [9.17, 15) is 5.11 Å². The standard InChI is InChI=1S/C20H28N2O4/c1-24-12-11-22-10-7-16-17(22)3-2-4-20(16)26-15-5-8-21(9-6-15)18-13-25-14-19(18)23/h2-4,7,10,15,18-19,23H,5-6,8-9,11-14H2,1H3. The molecule has 0 spiro atoms. The average Bonchev–Trinajstić information content (AvgIpc) is 3.27. The molecule has 2 fully saturated rings. The van der Waals surface area contributed by atoms with Crippen LogP contribution in [-0.4, -0.2) is 72.8 Å². The van der Waals surface area contributed by atoms with E-state index in [1.54, 1.807) is 7.11 Å². The van der Waals surface area contributed by atoms with Gasteiger partial charge in [0.15, 0.2) is 0 Å². The fraction of sp³-hybridized carbons (Fsp3) is 0.600. The quantitative estimate of drug-likeness (QED) is 0.853. The Balaban J connectivity index is 1.40. The first-order valence-electron chi connectivity index (χ1n) is 9.49. The van der Waals surface area contributed by atoms with E-state index >= 15 is 0 Å². The minimum absolute atomic E-state index is 0.147. The highest BCUT2D eigenvalue weighted by molar-refractivity contribution is 5.86. The van der Waals surface area contributed by atoms with Crippen molar-refractivity contribution in [1.29, 1.82) is 0 Å². The number of aliphatic hydroxyl groups is 1. The molecule has 1 aromatic carbocycles. The van der Waals surface area contributed by atoms with Crippen LogP contribution in [0, 0.1) is 0 Å². The van der Waals surface area contributed by atoms with E-state index in [1.165, 1.54) is 5.52 Å². The molecule has 1 aromatic heterocycles. The Bertz CT molecular complexity index is 724. The first kappa shape index (κ1) is 17.8. The number of aliphatic hydroxyl groups excluding tert-OH is 1. The maximum Gasteiger partial charge on any atom is 0.129 e. The molecule has 2 atom stereocenters. The van der Waals surface area contributed by atoms with Crippen LogP contribution in [0.2, 0.25) is 0 Å². The minimum atomic E-state index is -0.354. The molecule has 0 bridgehead atoms. The van der Waals surface area contributed by atoms with Crippen molar-refractivity contribution in [3.63, 3.8) is 0 Å². The van der Waals surface area contributed by atoms with Gasteiger partial charge in [-0.15, -0.1) is 0 Å². The third kappa shape index (κ3) is 3.60. The molecule has 6 heteroatoms. The summed E-state index contributed by atoms with van der Waals surface area (Å²) in [5, 5.41) is 11.2. The molecule has 0 saturated carbocycles. The van der Waals surface area contributed by atoms with Gasteiger partial charge < -0.3 is 23.9 Å². The van der Waals surface area contributed by atoms with Gasteiger partial charge >= 0.3 is 0 Å². The topological polar surface area (TPSA) is 56.1 Å². The number of rotatable bonds is 6. The summed E-state index contributed by atoms with van der Waals surface area (Å²) in [5.41, 5.74) is 1.18. The van der Waals surface area contributed by atoms with Crippen LogP contribution in [0.25, 0.3) is 10.9 Å². The molecule has 2 aliphatic rings. The summed E-state index contributed by atoms with van der Waals surface area (Å²) in [7, 11) is 1.73. The third-order valence-corrected chi connectivity index (χ3v) is 5.57. The van der Waals surface area contributed by atoms with Crippen molar-refractivity contribution in [2.45, 2.75) is 37.6 Å². The minimum Gasteiger partial charge on any atom is -0.490 e. The number of fused-ring (bicyclic) bond motifs is 1. The fourth-order valence-electron chi connectivity index (χ4n) is 4.07. The van der Waals surface area contributed by atoms with Gasteiger partial charge in [0.1, 0.15) is 11.9 Å². The van der Waals surface area contributed by atoms with E-state index in [4.69, 9.17) is 14.2 Å². The lowest BCUT2D eigenvalue weighted by Gasteiger charge is -2.36. The predicted molar refractivity (Wildman–Crippen MR) is 99.7 cm³/mol. The zero-order chi connectivity index (χ0) is 17.9. The number of nitrogens with zero attached hydrogens (tertiary/aromatic N) is 2. The van der Waals surface area contributed by atoms with Crippen molar-refractivity contribution in [3.8, 4) is 5.75 Å². The van der Waals surface area contributed by atoms with Gasteiger partial charge in [-0.05, 0) is 31.0 Å². The molecule has 0 amide bonds. The van der Waals surface area contributed by atoms with Crippen LogP contribution >= 0.6 is 0 Å². The monoisotopic (exact) mass is 360 g/mol. The van der Waals surface area contributed by atoms with Gasteiger partial charge in [-0.3, -0.25) is 4.90 Å². The summed E-state index contributed by atoms with van der Waals surface area (Å²) in [4.78, 5) is 2.35. The van der Waals surface area contributed by atoms with E-state index in [-0.39, 0.29) is 18.2 Å². The second kappa shape index (κ2) is 7.96. The van der Waals surface area contributed by atoms with E-state index in [0.29, 0.717) is 19.8 Å². The predicted octanol–water partition coefficient (Wildman–Crippen LogP) is 1.89. The van der Waals surface area contributed by atoms with Crippen LogP contribution < -0.4 is 4.74 Å². The summed E-state index contributed by atoms with van der Waals surface area (Å²) in [6, 6.07) is 8.52. The van der Waals surface area contributed by atoms with Crippen LogP contribution in [0.15, 0.2) is 30.5 Å². The number of likely N-dealkylation sites (tertiary alicyclic amines) is 1. The molecule has 6 nitrogen and oxygen atoms in total. The van der Waals surface area contributed by atoms with Crippen LogP contribution in [-0.2, 0) is 16.0 Å². The van der Waals surface area contributed by atoms with Crippen molar-refractivity contribution in [1.82, 2.24) is 9.47 Å². The first-order chi connectivity index (χ1) is 12.8. The van der Waals surface area contributed by atoms with Crippen molar-refractivity contribution in [3.05, 3.63) is 30.5 Å². The molecule has 1 N–H and O–H groups in total. The van der Waals surface area contributed by atoms with E-state index in [0.717, 1.165) is 43.6 Å². The highest BCUT2D eigenvalue weighted by atomic mass is 16.5. The number of hydrogen-bond acceptors (Lipinski definition) is 5.